The number of hydrogen-bond acceptors (Lipinski definition) is 6. The Morgan fingerprint density at radius 2 is 2.24 bits per heavy atom. The van der Waals surface area contributed by atoms with Gasteiger partial charge in [0.2, 0.25) is 5.95 Å². The average Bonchev–Trinajstić information content (AvgIpc) is 2.96. The van der Waals surface area contributed by atoms with Gasteiger partial charge in [-0.2, -0.15) is 15.0 Å². The minimum atomic E-state index is 0.125. The highest BCUT2D eigenvalue weighted by atomic mass is 16.5. The molecule has 1 aliphatic carbocycles. The maximum atomic E-state index is 5.20. The van der Waals surface area contributed by atoms with Gasteiger partial charge in [-0.25, -0.2) is 0 Å². The molecule has 110 valence electrons. The maximum absolute atomic E-state index is 5.20. The lowest BCUT2D eigenvalue weighted by molar-refractivity contribution is 0.375. The van der Waals surface area contributed by atoms with Gasteiger partial charge in [-0.1, -0.05) is 13.0 Å². The number of hydrogen-bond donors (Lipinski definition) is 1. The fourth-order valence-corrected chi connectivity index (χ4v) is 2.60. The summed E-state index contributed by atoms with van der Waals surface area (Å²) in [6.45, 7) is 2.93. The molecule has 0 radical (unpaired) electrons. The van der Waals surface area contributed by atoms with Crippen LogP contribution in [0.4, 0.5) is 5.95 Å². The predicted molar refractivity (Wildman–Crippen MR) is 79.6 cm³/mol. The van der Waals surface area contributed by atoms with E-state index in [2.05, 4.69) is 38.2 Å². The normalized spacial score (nSPS) is 16.6. The minimum absolute atomic E-state index is 0.125. The van der Waals surface area contributed by atoms with Crippen molar-refractivity contribution in [1.29, 1.82) is 0 Å². The number of methoxy groups -OCH3 is 1. The first-order chi connectivity index (χ1) is 10.3. The number of anilines is 1. The molecular formula is C15H19N5O. The molecule has 0 aromatic carbocycles. The number of rotatable bonds is 5. The molecule has 1 N–H and O–H groups in total. The predicted octanol–water partition coefficient (Wildman–Crippen LogP) is 2.18. The van der Waals surface area contributed by atoms with Gasteiger partial charge in [-0.05, 0) is 30.9 Å². The summed E-state index contributed by atoms with van der Waals surface area (Å²) in [5, 5.41) is 3.19. The van der Waals surface area contributed by atoms with Crippen LogP contribution in [0.25, 0.3) is 0 Å². The number of aromatic nitrogens is 4. The Hall–Kier alpha value is -2.24. The van der Waals surface area contributed by atoms with Crippen LogP contribution in [0, 0.1) is 0 Å². The van der Waals surface area contributed by atoms with Crippen LogP contribution in [0.2, 0.25) is 0 Å². The average molecular weight is 285 g/mol. The molecule has 6 heteroatoms. The van der Waals surface area contributed by atoms with Gasteiger partial charge in [-0.15, -0.1) is 0 Å². The summed E-state index contributed by atoms with van der Waals surface area (Å²) < 4.78 is 5.20. The van der Waals surface area contributed by atoms with Crippen LogP contribution < -0.4 is 10.1 Å². The highest BCUT2D eigenvalue weighted by molar-refractivity contribution is 5.35. The van der Waals surface area contributed by atoms with Gasteiger partial charge in [0.1, 0.15) is 5.82 Å². The van der Waals surface area contributed by atoms with Crippen LogP contribution in [0.1, 0.15) is 42.8 Å². The van der Waals surface area contributed by atoms with Crippen molar-refractivity contribution >= 4 is 5.95 Å². The van der Waals surface area contributed by atoms with E-state index >= 15 is 0 Å². The Morgan fingerprint density at radius 3 is 3.05 bits per heavy atom. The molecule has 0 aliphatic heterocycles. The second-order valence-electron chi connectivity index (χ2n) is 5.07. The van der Waals surface area contributed by atoms with E-state index in [9.17, 15) is 0 Å². The molecule has 21 heavy (non-hydrogen) atoms. The largest absolute Gasteiger partial charge is 0.467 e. The van der Waals surface area contributed by atoms with Crippen LogP contribution in [-0.4, -0.2) is 33.6 Å². The molecule has 0 saturated carbocycles. The second-order valence-corrected chi connectivity index (χ2v) is 5.07. The molecule has 1 aliphatic rings. The van der Waals surface area contributed by atoms with E-state index in [-0.39, 0.29) is 5.92 Å². The number of fused-ring (bicyclic) bond motifs is 1. The summed E-state index contributed by atoms with van der Waals surface area (Å²) in [5.74, 6) is 1.43. The van der Waals surface area contributed by atoms with E-state index in [1.54, 1.807) is 7.11 Å². The lowest BCUT2D eigenvalue weighted by atomic mass is 10.1. The van der Waals surface area contributed by atoms with Gasteiger partial charge in [0, 0.05) is 12.7 Å². The van der Waals surface area contributed by atoms with Crippen LogP contribution in [0.5, 0.6) is 6.01 Å². The quantitative estimate of drug-likeness (QED) is 0.907. The van der Waals surface area contributed by atoms with Gasteiger partial charge >= 0.3 is 6.01 Å². The maximum Gasteiger partial charge on any atom is 0.321 e. The molecule has 6 nitrogen and oxygen atoms in total. The third kappa shape index (κ3) is 2.79. The van der Waals surface area contributed by atoms with Gasteiger partial charge in [0.05, 0.1) is 18.7 Å². The summed E-state index contributed by atoms with van der Waals surface area (Å²) in [6.07, 6.45) is 4.83. The Kier molecular flexibility index (Phi) is 3.94. The molecule has 3 rings (SSSR count). The number of aryl methyl sites for hydroxylation is 1. The molecule has 0 amide bonds. The standard InChI is InChI=1S/C15H19N5O/c1-3-8-17-14-18-13(19-15(20-14)21-2)11-7-6-10-5-4-9-16-12(10)11/h4-5,9,11H,3,6-8H2,1-2H3,(H,17,18,19,20). The monoisotopic (exact) mass is 285 g/mol. The van der Waals surface area contributed by atoms with E-state index in [0.717, 1.165) is 37.3 Å². The fourth-order valence-electron chi connectivity index (χ4n) is 2.60. The Morgan fingerprint density at radius 1 is 1.33 bits per heavy atom. The molecule has 0 spiro atoms. The van der Waals surface area contributed by atoms with Gasteiger partial charge < -0.3 is 10.1 Å². The van der Waals surface area contributed by atoms with Crippen molar-refractivity contribution < 1.29 is 4.74 Å². The first kappa shape index (κ1) is 13.7. The summed E-state index contributed by atoms with van der Waals surface area (Å²) in [4.78, 5) is 17.7. The lowest BCUT2D eigenvalue weighted by Crippen LogP contribution is -2.12. The number of pyridine rings is 1. The molecule has 2 aromatic heterocycles. The zero-order valence-electron chi connectivity index (χ0n) is 12.3. The molecular weight excluding hydrogens is 266 g/mol. The van der Waals surface area contributed by atoms with E-state index < -0.39 is 0 Å². The van der Waals surface area contributed by atoms with Crippen molar-refractivity contribution in [3.8, 4) is 6.01 Å². The minimum Gasteiger partial charge on any atom is -0.467 e. The van der Waals surface area contributed by atoms with Gasteiger partial charge in [0.15, 0.2) is 0 Å². The Bertz CT molecular complexity index is 631. The van der Waals surface area contributed by atoms with Crippen molar-refractivity contribution in [2.75, 3.05) is 19.0 Å². The van der Waals surface area contributed by atoms with Crippen molar-refractivity contribution in [2.45, 2.75) is 32.1 Å². The van der Waals surface area contributed by atoms with Crippen LogP contribution in [0.15, 0.2) is 18.3 Å². The smallest absolute Gasteiger partial charge is 0.321 e. The van der Waals surface area contributed by atoms with Crippen molar-refractivity contribution in [1.82, 2.24) is 19.9 Å². The first-order valence-electron chi connectivity index (χ1n) is 7.29. The molecule has 1 unspecified atom stereocenters. The second kappa shape index (κ2) is 6.03. The third-order valence-electron chi connectivity index (χ3n) is 3.62. The fraction of sp³-hybridized carbons (Fsp3) is 0.467. The zero-order valence-corrected chi connectivity index (χ0v) is 12.3. The van der Waals surface area contributed by atoms with Crippen molar-refractivity contribution in [3.05, 3.63) is 35.4 Å². The molecule has 1 atom stereocenters. The van der Waals surface area contributed by atoms with E-state index in [4.69, 9.17) is 4.74 Å². The van der Waals surface area contributed by atoms with Gasteiger partial charge in [0.25, 0.3) is 0 Å². The van der Waals surface area contributed by atoms with Crippen LogP contribution in [0.3, 0.4) is 0 Å². The molecule has 0 saturated heterocycles. The summed E-state index contributed by atoms with van der Waals surface area (Å²) in [6, 6.07) is 4.45. The van der Waals surface area contributed by atoms with Crippen LogP contribution in [-0.2, 0) is 6.42 Å². The van der Waals surface area contributed by atoms with E-state index in [1.807, 2.05) is 12.3 Å². The van der Waals surface area contributed by atoms with E-state index in [0.29, 0.717) is 12.0 Å². The van der Waals surface area contributed by atoms with E-state index in [1.165, 1.54) is 5.56 Å². The topological polar surface area (TPSA) is 72.8 Å². The van der Waals surface area contributed by atoms with Crippen molar-refractivity contribution in [3.63, 3.8) is 0 Å². The zero-order chi connectivity index (χ0) is 14.7. The summed E-state index contributed by atoms with van der Waals surface area (Å²) in [7, 11) is 1.57. The van der Waals surface area contributed by atoms with Crippen LogP contribution >= 0.6 is 0 Å². The molecule has 0 bridgehead atoms. The first-order valence-corrected chi connectivity index (χ1v) is 7.29. The molecule has 2 heterocycles. The lowest BCUT2D eigenvalue weighted by Gasteiger charge is -2.12. The number of nitrogens with one attached hydrogen (secondary N) is 1. The molecule has 0 fully saturated rings. The highest BCUT2D eigenvalue weighted by Gasteiger charge is 2.28. The Balaban J connectivity index is 1.95. The number of nitrogens with zero attached hydrogens (tertiary/aromatic N) is 4. The van der Waals surface area contributed by atoms with Gasteiger partial charge in [-0.3, -0.25) is 4.98 Å². The summed E-state index contributed by atoms with van der Waals surface area (Å²) in [5.41, 5.74) is 2.36. The Labute approximate surface area is 124 Å². The SMILES string of the molecule is CCCNc1nc(OC)nc(C2CCc3cccnc32)n1. The number of ether oxygens (including phenoxy) is 1. The summed E-state index contributed by atoms with van der Waals surface area (Å²) >= 11 is 0. The molecule has 2 aromatic rings. The third-order valence-corrected chi connectivity index (χ3v) is 3.62. The highest BCUT2D eigenvalue weighted by Crippen LogP contribution is 2.35. The van der Waals surface area contributed by atoms with Crippen molar-refractivity contribution in [2.24, 2.45) is 0 Å².